The zero-order valence-corrected chi connectivity index (χ0v) is 10.7. The molecule has 0 bridgehead atoms. The Bertz CT molecular complexity index is 359. The van der Waals surface area contributed by atoms with Gasteiger partial charge in [-0.05, 0) is 13.8 Å². The SMILES string of the molecule is C=CCN(CCO)C(=O)C(C)(C)S(C)(=O)=O. The minimum Gasteiger partial charge on any atom is -0.395 e. The molecule has 5 nitrogen and oxygen atoms in total. The number of hydrogen-bond acceptors (Lipinski definition) is 4. The third kappa shape index (κ3) is 3.31. The summed E-state index contributed by atoms with van der Waals surface area (Å²) in [6.45, 7) is 6.32. The van der Waals surface area contributed by atoms with E-state index in [2.05, 4.69) is 6.58 Å². The lowest BCUT2D eigenvalue weighted by Crippen LogP contribution is -2.50. The van der Waals surface area contributed by atoms with Crippen molar-refractivity contribution in [2.75, 3.05) is 26.0 Å². The number of aliphatic hydroxyl groups excluding tert-OH is 1. The van der Waals surface area contributed by atoms with Gasteiger partial charge in [0.25, 0.3) is 0 Å². The lowest BCUT2D eigenvalue weighted by Gasteiger charge is -2.29. The first-order chi connectivity index (χ1) is 7.18. The molecule has 0 aliphatic heterocycles. The van der Waals surface area contributed by atoms with Gasteiger partial charge in [0.15, 0.2) is 9.84 Å². The second-order valence-electron chi connectivity index (χ2n) is 4.05. The van der Waals surface area contributed by atoms with Gasteiger partial charge in [-0.15, -0.1) is 6.58 Å². The molecule has 6 heteroatoms. The van der Waals surface area contributed by atoms with Crippen molar-refractivity contribution in [3.63, 3.8) is 0 Å². The lowest BCUT2D eigenvalue weighted by atomic mass is 10.1. The first-order valence-corrected chi connectivity index (χ1v) is 6.78. The van der Waals surface area contributed by atoms with Crippen LogP contribution in [0.4, 0.5) is 0 Å². The van der Waals surface area contributed by atoms with E-state index in [1.807, 2.05) is 0 Å². The molecule has 94 valence electrons. The third-order valence-corrected chi connectivity index (χ3v) is 4.48. The smallest absolute Gasteiger partial charge is 0.243 e. The highest BCUT2D eigenvalue weighted by Crippen LogP contribution is 2.18. The molecular formula is C10H19NO4S. The van der Waals surface area contributed by atoms with Crippen molar-refractivity contribution in [2.24, 2.45) is 0 Å². The second-order valence-corrected chi connectivity index (χ2v) is 6.61. The van der Waals surface area contributed by atoms with Crippen LogP contribution in [0.15, 0.2) is 12.7 Å². The van der Waals surface area contributed by atoms with Crippen molar-refractivity contribution in [1.82, 2.24) is 4.90 Å². The minimum atomic E-state index is -3.49. The first kappa shape index (κ1) is 15.1. The second kappa shape index (κ2) is 5.45. The molecule has 1 amide bonds. The topological polar surface area (TPSA) is 74.7 Å². The van der Waals surface area contributed by atoms with Crippen molar-refractivity contribution in [1.29, 1.82) is 0 Å². The van der Waals surface area contributed by atoms with Crippen molar-refractivity contribution in [3.05, 3.63) is 12.7 Å². The molecule has 0 heterocycles. The predicted molar refractivity (Wildman–Crippen MR) is 62.8 cm³/mol. The van der Waals surface area contributed by atoms with Gasteiger partial charge in [-0.1, -0.05) is 6.08 Å². The van der Waals surface area contributed by atoms with Crippen LogP contribution < -0.4 is 0 Å². The molecule has 16 heavy (non-hydrogen) atoms. The standard InChI is InChI=1S/C10H19NO4S/c1-5-6-11(7-8-12)9(13)10(2,3)16(4,14)15/h5,12H,1,6-8H2,2-4H3. The van der Waals surface area contributed by atoms with Crippen LogP contribution in [0.5, 0.6) is 0 Å². The van der Waals surface area contributed by atoms with E-state index in [9.17, 15) is 13.2 Å². The van der Waals surface area contributed by atoms with E-state index in [0.717, 1.165) is 6.26 Å². The molecule has 0 unspecified atom stereocenters. The van der Waals surface area contributed by atoms with Crippen LogP contribution in [0.1, 0.15) is 13.8 Å². The zero-order valence-electron chi connectivity index (χ0n) is 9.93. The number of hydrogen-bond donors (Lipinski definition) is 1. The molecule has 0 aliphatic rings. The van der Waals surface area contributed by atoms with E-state index in [1.54, 1.807) is 0 Å². The van der Waals surface area contributed by atoms with E-state index in [1.165, 1.54) is 24.8 Å². The normalized spacial score (nSPS) is 12.2. The van der Waals surface area contributed by atoms with Gasteiger partial charge in [0.05, 0.1) is 6.61 Å². The fourth-order valence-corrected chi connectivity index (χ4v) is 1.54. The maximum atomic E-state index is 12.0. The number of aliphatic hydroxyl groups is 1. The molecule has 0 aromatic carbocycles. The van der Waals surface area contributed by atoms with Crippen molar-refractivity contribution in [3.8, 4) is 0 Å². The Hall–Kier alpha value is -0.880. The molecule has 0 aliphatic carbocycles. The summed E-state index contributed by atoms with van der Waals surface area (Å²) in [5, 5.41) is 8.80. The van der Waals surface area contributed by atoms with E-state index in [4.69, 9.17) is 5.11 Å². The van der Waals surface area contributed by atoms with Gasteiger partial charge in [-0.3, -0.25) is 4.79 Å². The first-order valence-electron chi connectivity index (χ1n) is 4.89. The van der Waals surface area contributed by atoms with Crippen molar-refractivity contribution >= 4 is 15.7 Å². The van der Waals surface area contributed by atoms with Gasteiger partial charge in [0.1, 0.15) is 4.75 Å². The van der Waals surface area contributed by atoms with Crippen LogP contribution in [0.3, 0.4) is 0 Å². The van der Waals surface area contributed by atoms with Crippen LogP contribution >= 0.6 is 0 Å². The average molecular weight is 249 g/mol. The molecule has 0 fully saturated rings. The molecule has 0 atom stereocenters. The number of rotatable bonds is 6. The molecule has 0 saturated heterocycles. The minimum absolute atomic E-state index is 0.101. The molecule has 0 radical (unpaired) electrons. The number of amides is 1. The van der Waals surface area contributed by atoms with Gasteiger partial charge in [-0.2, -0.15) is 0 Å². The van der Waals surface area contributed by atoms with Crippen LogP contribution in [0.25, 0.3) is 0 Å². The monoisotopic (exact) mass is 249 g/mol. The summed E-state index contributed by atoms with van der Waals surface area (Å²) in [5.41, 5.74) is 0. The third-order valence-electron chi connectivity index (χ3n) is 2.45. The molecule has 0 rings (SSSR count). The predicted octanol–water partition coefficient (Wildman–Crippen LogP) is -0.184. The summed E-state index contributed by atoms with van der Waals surface area (Å²) in [6, 6.07) is 0. The number of sulfone groups is 1. The molecule has 1 N–H and O–H groups in total. The highest BCUT2D eigenvalue weighted by atomic mass is 32.2. The summed E-state index contributed by atoms with van der Waals surface area (Å²) in [7, 11) is -3.49. The summed E-state index contributed by atoms with van der Waals surface area (Å²) in [5.74, 6) is -0.524. The van der Waals surface area contributed by atoms with Gasteiger partial charge in [0.2, 0.25) is 5.91 Å². The number of carbonyl (C=O) groups is 1. The van der Waals surface area contributed by atoms with Crippen LogP contribution in [-0.2, 0) is 14.6 Å². The zero-order chi connectivity index (χ0) is 13.0. The number of nitrogens with zero attached hydrogens (tertiary/aromatic N) is 1. The lowest BCUT2D eigenvalue weighted by molar-refractivity contribution is -0.133. The Morgan fingerprint density at radius 3 is 2.31 bits per heavy atom. The summed E-state index contributed by atoms with van der Waals surface area (Å²) in [4.78, 5) is 13.3. The Morgan fingerprint density at radius 2 is 2.00 bits per heavy atom. The largest absolute Gasteiger partial charge is 0.395 e. The highest BCUT2D eigenvalue weighted by molar-refractivity contribution is 7.92. The van der Waals surface area contributed by atoms with Gasteiger partial charge >= 0.3 is 0 Å². The van der Waals surface area contributed by atoms with E-state index in [0.29, 0.717) is 0 Å². The Morgan fingerprint density at radius 1 is 1.50 bits per heavy atom. The maximum absolute atomic E-state index is 12.0. The van der Waals surface area contributed by atoms with E-state index >= 15 is 0 Å². The van der Waals surface area contributed by atoms with E-state index < -0.39 is 20.5 Å². The van der Waals surface area contributed by atoms with Gasteiger partial charge in [-0.25, -0.2) is 8.42 Å². The summed E-state index contributed by atoms with van der Waals surface area (Å²) in [6.07, 6.45) is 2.52. The maximum Gasteiger partial charge on any atom is 0.243 e. The average Bonchev–Trinajstić information content (AvgIpc) is 2.14. The Labute approximate surface area is 96.7 Å². The number of carbonyl (C=O) groups excluding carboxylic acids is 1. The van der Waals surface area contributed by atoms with Crippen LogP contribution in [-0.4, -0.2) is 55.0 Å². The molecule has 0 aromatic rings. The fourth-order valence-electron chi connectivity index (χ4n) is 1.09. The molecule has 0 aromatic heterocycles. The van der Waals surface area contributed by atoms with E-state index in [-0.39, 0.29) is 19.7 Å². The van der Waals surface area contributed by atoms with Crippen LogP contribution in [0, 0.1) is 0 Å². The van der Waals surface area contributed by atoms with Crippen molar-refractivity contribution < 1.29 is 18.3 Å². The Balaban J connectivity index is 5.07. The molecule has 0 saturated carbocycles. The fraction of sp³-hybridized carbons (Fsp3) is 0.700. The Kier molecular flexibility index (Phi) is 5.15. The highest BCUT2D eigenvalue weighted by Gasteiger charge is 2.40. The molecular weight excluding hydrogens is 230 g/mol. The van der Waals surface area contributed by atoms with Gasteiger partial charge in [0, 0.05) is 19.3 Å². The molecule has 0 spiro atoms. The summed E-state index contributed by atoms with van der Waals surface area (Å²) < 4.78 is 21.5. The summed E-state index contributed by atoms with van der Waals surface area (Å²) >= 11 is 0. The van der Waals surface area contributed by atoms with Crippen LogP contribution in [0.2, 0.25) is 0 Å². The van der Waals surface area contributed by atoms with Gasteiger partial charge < -0.3 is 10.0 Å². The quantitative estimate of drug-likeness (QED) is 0.662. The van der Waals surface area contributed by atoms with Crippen molar-refractivity contribution in [2.45, 2.75) is 18.6 Å².